The van der Waals surface area contributed by atoms with Gasteiger partial charge in [-0.25, -0.2) is 4.79 Å². The van der Waals surface area contributed by atoms with Crippen LogP contribution in [-0.4, -0.2) is 30.0 Å². The van der Waals surface area contributed by atoms with E-state index in [-0.39, 0.29) is 22.7 Å². The molecule has 0 fully saturated rings. The molecule has 142 valence electrons. The largest absolute Gasteiger partial charge is 0.452 e. The number of carbonyl (C=O) groups is 2. The van der Waals surface area contributed by atoms with Gasteiger partial charge in [0.15, 0.2) is 6.61 Å². The van der Waals surface area contributed by atoms with Crippen LogP contribution in [0.4, 0.5) is 20.2 Å². The van der Waals surface area contributed by atoms with Crippen molar-refractivity contribution in [1.82, 2.24) is 0 Å². The number of carbonyl (C=O) groups excluding carboxylic acids is 2. The van der Waals surface area contributed by atoms with Gasteiger partial charge in [0.25, 0.3) is 11.6 Å². The molecule has 0 aliphatic carbocycles. The van der Waals surface area contributed by atoms with Crippen molar-refractivity contribution in [3.63, 3.8) is 0 Å². The smallest absolute Gasteiger partial charge is 0.387 e. The first-order chi connectivity index (χ1) is 12.8. The van der Waals surface area contributed by atoms with E-state index in [1.54, 1.807) is 6.92 Å². The van der Waals surface area contributed by atoms with Crippen LogP contribution in [0, 0.1) is 17.0 Å². The minimum Gasteiger partial charge on any atom is -0.452 e. The summed E-state index contributed by atoms with van der Waals surface area (Å²) in [7, 11) is 0. The Labute approximate surface area is 151 Å². The maximum atomic E-state index is 12.1. The van der Waals surface area contributed by atoms with Gasteiger partial charge in [0.2, 0.25) is 0 Å². The number of anilines is 1. The molecule has 0 aliphatic heterocycles. The number of nitro groups is 1. The Morgan fingerprint density at radius 3 is 2.44 bits per heavy atom. The van der Waals surface area contributed by atoms with E-state index in [4.69, 9.17) is 4.74 Å². The molecule has 0 spiro atoms. The molecule has 2 aromatic carbocycles. The molecule has 2 rings (SSSR count). The number of alkyl halides is 2. The van der Waals surface area contributed by atoms with Crippen molar-refractivity contribution >= 4 is 23.3 Å². The van der Waals surface area contributed by atoms with Gasteiger partial charge in [-0.1, -0.05) is 6.07 Å². The van der Waals surface area contributed by atoms with Crippen molar-refractivity contribution in [3.05, 3.63) is 63.7 Å². The van der Waals surface area contributed by atoms with Gasteiger partial charge < -0.3 is 14.8 Å². The van der Waals surface area contributed by atoms with Crippen LogP contribution in [0.3, 0.4) is 0 Å². The summed E-state index contributed by atoms with van der Waals surface area (Å²) in [5.74, 6) is -1.66. The van der Waals surface area contributed by atoms with Gasteiger partial charge in [0, 0.05) is 17.3 Å². The molecule has 2 aromatic rings. The van der Waals surface area contributed by atoms with Gasteiger partial charge in [0.05, 0.1) is 10.5 Å². The summed E-state index contributed by atoms with van der Waals surface area (Å²) in [6.07, 6.45) is 0. The molecule has 0 saturated carbocycles. The molecule has 0 aliphatic rings. The topological polar surface area (TPSA) is 108 Å². The fourth-order valence-corrected chi connectivity index (χ4v) is 2.07. The van der Waals surface area contributed by atoms with E-state index in [0.29, 0.717) is 5.56 Å². The quantitative estimate of drug-likeness (QED) is 0.449. The van der Waals surface area contributed by atoms with Gasteiger partial charge in [-0.15, -0.1) is 0 Å². The number of benzene rings is 2. The summed E-state index contributed by atoms with van der Waals surface area (Å²) in [6, 6.07) is 8.88. The van der Waals surface area contributed by atoms with Crippen molar-refractivity contribution in [2.75, 3.05) is 11.9 Å². The number of nitrogens with one attached hydrogen (secondary N) is 1. The first kappa shape index (κ1) is 19.8. The number of amides is 1. The van der Waals surface area contributed by atoms with E-state index in [9.17, 15) is 28.5 Å². The lowest BCUT2D eigenvalue weighted by atomic mass is 10.2. The normalized spacial score (nSPS) is 10.4. The van der Waals surface area contributed by atoms with Crippen molar-refractivity contribution in [2.24, 2.45) is 0 Å². The van der Waals surface area contributed by atoms with Crippen LogP contribution in [-0.2, 0) is 9.53 Å². The zero-order chi connectivity index (χ0) is 20.0. The Bertz CT molecular complexity index is 855. The third-order valence-electron chi connectivity index (χ3n) is 3.34. The lowest BCUT2D eigenvalue weighted by Crippen LogP contribution is -2.21. The standard InChI is InChI=1S/C17H14F2N2O6/c1-10-2-5-12(8-14(10)21(24)25)20-15(22)9-26-16(23)11-3-6-13(7-4-11)27-17(18)19/h2-8,17H,9H2,1H3,(H,20,22). The molecule has 0 radical (unpaired) electrons. The van der Waals surface area contributed by atoms with Crippen LogP contribution in [0.15, 0.2) is 42.5 Å². The fourth-order valence-electron chi connectivity index (χ4n) is 2.07. The number of nitro benzene ring substituents is 1. The Kier molecular flexibility index (Phi) is 6.36. The maximum absolute atomic E-state index is 12.1. The van der Waals surface area contributed by atoms with Crippen LogP contribution in [0.2, 0.25) is 0 Å². The number of nitrogens with zero attached hydrogens (tertiary/aromatic N) is 1. The fraction of sp³-hybridized carbons (Fsp3) is 0.176. The van der Waals surface area contributed by atoms with E-state index in [1.165, 1.54) is 30.3 Å². The number of esters is 1. The summed E-state index contributed by atoms with van der Waals surface area (Å²) in [5, 5.41) is 13.3. The maximum Gasteiger partial charge on any atom is 0.387 e. The van der Waals surface area contributed by atoms with Crippen molar-refractivity contribution in [3.8, 4) is 5.75 Å². The average molecular weight is 380 g/mol. The predicted molar refractivity (Wildman–Crippen MR) is 89.8 cm³/mol. The highest BCUT2D eigenvalue weighted by molar-refractivity contribution is 5.95. The van der Waals surface area contributed by atoms with Gasteiger partial charge in [-0.05, 0) is 37.3 Å². The number of aryl methyl sites for hydroxylation is 1. The molecule has 1 amide bonds. The van der Waals surface area contributed by atoms with Gasteiger partial charge in [-0.2, -0.15) is 8.78 Å². The zero-order valence-corrected chi connectivity index (χ0v) is 14.0. The molecule has 8 nitrogen and oxygen atoms in total. The van der Waals surface area contributed by atoms with E-state index in [0.717, 1.165) is 12.1 Å². The van der Waals surface area contributed by atoms with E-state index >= 15 is 0 Å². The number of hydrogen-bond donors (Lipinski definition) is 1. The third kappa shape index (κ3) is 5.73. The molecule has 0 saturated heterocycles. The average Bonchev–Trinajstić information content (AvgIpc) is 2.61. The van der Waals surface area contributed by atoms with Crippen LogP contribution in [0.5, 0.6) is 5.75 Å². The summed E-state index contributed by atoms with van der Waals surface area (Å²) in [6.45, 7) is -2.05. The SMILES string of the molecule is Cc1ccc(NC(=O)COC(=O)c2ccc(OC(F)F)cc2)cc1[N+](=O)[O-]. The molecule has 27 heavy (non-hydrogen) atoms. The molecule has 0 aromatic heterocycles. The molecule has 0 bridgehead atoms. The van der Waals surface area contributed by atoms with Crippen molar-refractivity contribution < 1.29 is 32.8 Å². The predicted octanol–water partition coefficient (Wildman–Crippen LogP) is 3.30. The molecule has 10 heteroatoms. The molecule has 0 atom stereocenters. The summed E-state index contributed by atoms with van der Waals surface area (Å²) < 4.78 is 33.1. The van der Waals surface area contributed by atoms with Crippen LogP contribution >= 0.6 is 0 Å². The number of rotatable bonds is 7. The Balaban J connectivity index is 1.90. The second-order valence-corrected chi connectivity index (χ2v) is 5.29. The molecule has 1 N–H and O–H groups in total. The second kappa shape index (κ2) is 8.70. The first-order valence-electron chi connectivity index (χ1n) is 7.53. The molecule has 0 unspecified atom stereocenters. The van der Waals surface area contributed by atoms with Gasteiger partial charge in [-0.3, -0.25) is 14.9 Å². The summed E-state index contributed by atoms with van der Waals surface area (Å²) >= 11 is 0. The lowest BCUT2D eigenvalue weighted by molar-refractivity contribution is -0.385. The van der Waals surface area contributed by atoms with E-state index < -0.39 is 30.0 Å². The molecular formula is C17H14F2N2O6. The Hall–Kier alpha value is -3.56. The molecular weight excluding hydrogens is 366 g/mol. The van der Waals surface area contributed by atoms with Crippen molar-refractivity contribution in [1.29, 1.82) is 0 Å². The van der Waals surface area contributed by atoms with Crippen molar-refractivity contribution in [2.45, 2.75) is 13.5 Å². The first-order valence-corrected chi connectivity index (χ1v) is 7.53. The van der Waals surface area contributed by atoms with E-state index in [2.05, 4.69) is 10.1 Å². The number of halogens is 2. The zero-order valence-electron chi connectivity index (χ0n) is 14.0. The molecule has 0 heterocycles. The summed E-state index contributed by atoms with van der Waals surface area (Å²) in [5.41, 5.74) is 0.497. The number of ether oxygens (including phenoxy) is 2. The monoisotopic (exact) mass is 380 g/mol. The lowest BCUT2D eigenvalue weighted by Gasteiger charge is -2.08. The second-order valence-electron chi connectivity index (χ2n) is 5.29. The third-order valence-corrected chi connectivity index (χ3v) is 3.34. The van der Waals surface area contributed by atoms with Crippen LogP contribution < -0.4 is 10.1 Å². The van der Waals surface area contributed by atoms with Crippen LogP contribution in [0.1, 0.15) is 15.9 Å². The Morgan fingerprint density at radius 2 is 1.85 bits per heavy atom. The van der Waals surface area contributed by atoms with Gasteiger partial charge in [0.1, 0.15) is 5.75 Å². The van der Waals surface area contributed by atoms with Gasteiger partial charge >= 0.3 is 12.6 Å². The highest BCUT2D eigenvalue weighted by Gasteiger charge is 2.14. The number of hydrogen-bond acceptors (Lipinski definition) is 6. The summed E-state index contributed by atoms with van der Waals surface area (Å²) in [4.78, 5) is 34.0. The minimum absolute atomic E-state index is 0.0374. The minimum atomic E-state index is -2.98. The van der Waals surface area contributed by atoms with E-state index in [1.807, 2.05) is 0 Å². The highest BCUT2D eigenvalue weighted by Crippen LogP contribution is 2.22. The highest BCUT2D eigenvalue weighted by atomic mass is 19.3. The van der Waals surface area contributed by atoms with Crippen LogP contribution in [0.25, 0.3) is 0 Å². The Morgan fingerprint density at radius 1 is 1.19 bits per heavy atom.